The van der Waals surface area contributed by atoms with E-state index in [2.05, 4.69) is 52.9 Å². The molecule has 3 rings (SSSR count). The largest absolute Gasteiger partial charge is 0.412 e. The van der Waals surface area contributed by atoms with Crippen molar-refractivity contribution in [2.45, 2.75) is 77.2 Å². The Hall–Kier alpha value is -1.95. The van der Waals surface area contributed by atoms with Gasteiger partial charge in [0.05, 0.1) is 18.8 Å². The molecule has 1 fully saturated rings. The van der Waals surface area contributed by atoms with Crippen molar-refractivity contribution in [2.75, 3.05) is 0 Å². The molecule has 1 heterocycles. The van der Waals surface area contributed by atoms with Crippen LogP contribution >= 0.6 is 0 Å². The van der Waals surface area contributed by atoms with E-state index in [-0.39, 0.29) is 23.1 Å². The molecule has 0 spiro atoms. The molecule has 0 saturated carbocycles. The second-order valence-corrected chi connectivity index (χ2v) is 14.5. The normalized spacial score (nSPS) is 20.7. The number of carbonyl (C=O) groups excluding carboxylic acids is 1. The van der Waals surface area contributed by atoms with Crippen molar-refractivity contribution >= 4 is 14.2 Å². The van der Waals surface area contributed by atoms with Crippen LogP contribution in [-0.4, -0.2) is 37.4 Å². The van der Waals surface area contributed by atoms with Crippen molar-refractivity contribution in [3.63, 3.8) is 0 Å². The highest BCUT2D eigenvalue weighted by Crippen LogP contribution is 2.39. The van der Waals surface area contributed by atoms with Crippen molar-refractivity contribution in [3.05, 3.63) is 71.8 Å². The summed E-state index contributed by atoms with van der Waals surface area (Å²) in [5.41, 5.74) is 2.19. The van der Waals surface area contributed by atoms with Crippen LogP contribution in [0.1, 0.15) is 38.8 Å². The summed E-state index contributed by atoms with van der Waals surface area (Å²) in [6.07, 6.45) is -0.554. The summed E-state index contributed by atoms with van der Waals surface area (Å²) in [6, 6.07) is 20.0. The monoisotopic (exact) mass is 425 g/mol. The smallest absolute Gasteiger partial charge is 0.254 e. The third-order valence-corrected chi connectivity index (χ3v) is 11.0. The third-order valence-electron chi connectivity index (χ3n) is 6.43. The minimum absolute atomic E-state index is 0.0467. The Kier molecular flexibility index (Phi) is 6.85. The second kappa shape index (κ2) is 9.04. The fraction of sp³-hybridized carbons (Fsp3) is 0.480. The number of ether oxygens (including phenoxy) is 1. The van der Waals surface area contributed by atoms with E-state index in [9.17, 15) is 4.79 Å². The maximum atomic E-state index is 13.0. The summed E-state index contributed by atoms with van der Waals surface area (Å²) in [5, 5.41) is 0.111. The number of amides is 1. The van der Waals surface area contributed by atoms with Gasteiger partial charge < -0.3 is 14.1 Å². The van der Waals surface area contributed by atoms with Gasteiger partial charge in [0.15, 0.2) is 14.4 Å². The van der Waals surface area contributed by atoms with Crippen LogP contribution in [0.4, 0.5) is 0 Å². The first-order valence-corrected chi connectivity index (χ1v) is 13.7. The molecule has 1 aliphatic heterocycles. The fourth-order valence-corrected chi connectivity index (χ4v) is 5.06. The third kappa shape index (κ3) is 5.02. The molecule has 1 amide bonds. The van der Waals surface area contributed by atoms with E-state index in [0.29, 0.717) is 13.2 Å². The van der Waals surface area contributed by atoms with Gasteiger partial charge in [-0.3, -0.25) is 4.79 Å². The van der Waals surface area contributed by atoms with Crippen LogP contribution in [0.5, 0.6) is 0 Å². The van der Waals surface area contributed by atoms with E-state index in [1.54, 1.807) is 0 Å². The fourth-order valence-electron chi connectivity index (χ4n) is 3.64. The van der Waals surface area contributed by atoms with E-state index in [1.807, 2.05) is 53.4 Å². The van der Waals surface area contributed by atoms with Gasteiger partial charge in [0.2, 0.25) is 0 Å². The molecular formula is C25H35NO3Si. The van der Waals surface area contributed by atoms with Crippen LogP contribution in [0.2, 0.25) is 18.1 Å². The van der Waals surface area contributed by atoms with E-state index < -0.39 is 14.4 Å². The van der Waals surface area contributed by atoms with Gasteiger partial charge in [-0.1, -0.05) is 81.4 Å². The molecule has 3 atom stereocenters. The number of carbonyl (C=O) groups is 1. The molecule has 2 aromatic rings. The van der Waals surface area contributed by atoms with Gasteiger partial charge in [-0.25, -0.2) is 0 Å². The zero-order valence-corrected chi connectivity index (χ0v) is 20.1. The molecule has 4 nitrogen and oxygen atoms in total. The molecule has 1 saturated heterocycles. The van der Waals surface area contributed by atoms with Crippen LogP contribution in [0.25, 0.3) is 0 Å². The maximum absolute atomic E-state index is 13.0. The summed E-state index contributed by atoms with van der Waals surface area (Å²) in [5.74, 6) is 0.0467. The lowest BCUT2D eigenvalue weighted by molar-refractivity contribution is -0.186. The van der Waals surface area contributed by atoms with Crippen molar-refractivity contribution < 1.29 is 14.0 Å². The molecule has 0 aromatic heterocycles. The van der Waals surface area contributed by atoms with Gasteiger partial charge in [0.25, 0.3) is 5.91 Å². The zero-order chi connectivity index (χ0) is 21.9. The predicted molar refractivity (Wildman–Crippen MR) is 124 cm³/mol. The van der Waals surface area contributed by atoms with Crippen LogP contribution in [0.15, 0.2) is 60.7 Å². The lowest BCUT2D eigenvalue weighted by Gasteiger charge is -2.51. The molecule has 0 radical (unpaired) electrons. The Morgan fingerprint density at radius 1 is 0.967 bits per heavy atom. The summed E-state index contributed by atoms with van der Waals surface area (Å²) < 4.78 is 12.8. The number of benzene rings is 2. The van der Waals surface area contributed by atoms with E-state index in [1.165, 1.54) is 0 Å². The van der Waals surface area contributed by atoms with E-state index >= 15 is 0 Å². The van der Waals surface area contributed by atoms with E-state index in [4.69, 9.17) is 9.16 Å². The minimum Gasteiger partial charge on any atom is -0.412 e. The van der Waals surface area contributed by atoms with Crippen LogP contribution in [-0.2, 0) is 27.1 Å². The van der Waals surface area contributed by atoms with Crippen molar-refractivity contribution in [1.82, 2.24) is 4.90 Å². The lowest BCUT2D eigenvalue weighted by Crippen LogP contribution is -2.70. The molecule has 0 N–H and O–H groups in total. The molecule has 0 unspecified atom stereocenters. The SMILES string of the molecule is C[C@H](O[Si](C)(C)C(C)(C)C)[C@@H]1[C@H](OCc2ccccc2)C(=O)N1Cc1ccccc1. The van der Waals surface area contributed by atoms with Gasteiger partial charge in [0, 0.05) is 6.54 Å². The topological polar surface area (TPSA) is 38.8 Å². The molecule has 1 aliphatic rings. The summed E-state index contributed by atoms with van der Waals surface area (Å²) in [4.78, 5) is 14.9. The number of β-lactam (4-membered cyclic amide) rings is 1. The van der Waals surface area contributed by atoms with Crippen molar-refractivity contribution in [3.8, 4) is 0 Å². The Morgan fingerprint density at radius 3 is 2.03 bits per heavy atom. The average Bonchev–Trinajstić information content (AvgIpc) is 2.69. The Balaban J connectivity index is 1.76. The Morgan fingerprint density at radius 2 is 1.50 bits per heavy atom. The summed E-state index contributed by atoms with van der Waals surface area (Å²) in [6.45, 7) is 14.3. The molecule has 0 bridgehead atoms. The zero-order valence-electron chi connectivity index (χ0n) is 19.1. The number of nitrogens with zero attached hydrogens (tertiary/aromatic N) is 1. The molecule has 30 heavy (non-hydrogen) atoms. The predicted octanol–water partition coefficient (Wildman–Crippen LogP) is 5.39. The van der Waals surface area contributed by atoms with E-state index in [0.717, 1.165) is 11.1 Å². The number of hydrogen-bond donors (Lipinski definition) is 0. The first kappa shape index (κ1) is 22.7. The van der Waals surface area contributed by atoms with Crippen LogP contribution < -0.4 is 0 Å². The molecule has 2 aromatic carbocycles. The quantitative estimate of drug-likeness (QED) is 0.420. The molecule has 0 aliphatic carbocycles. The maximum Gasteiger partial charge on any atom is 0.254 e. The minimum atomic E-state index is -1.97. The summed E-state index contributed by atoms with van der Waals surface area (Å²) >= 11 is 0. The van der Waals surface area contributed by atoms with Crippen molar-refractivity contribution in [1.29, 1.82) is 0 Å². The van der Waals surface area contributed by atoms with Gasteiger partial charge in [-0.2, -0.15) is 0 Å². The molecule has 5 heteroatoms. The number of hydrogen-bond acceptors (Lipinski definition) is 3. The first-order chi connectivity index (χ1) is 14.1. The first-order valence-electron chi connectivity index (χ1n) is 10.8. The second-order valence-electron chi connectivity index (χ2n) is 9.74. The lowest BCUT2D eigenvalue weighted by atomic mass is 9.92. The highest BCUT2D eigenvalue weighted by atomic mass is 28.4. The Labute approximate surface area is 182 Å². The summed E-state index contributed by atoms with van der Waals surface area (Å²) in [7, 11) is -1.97. The van der Waals surface area contributed by atoms with Gasteiger partial charge in [0.1, 0.15) is 0 Å². The number of rotatable bonds is 8. The average molecular weight is 426 g/mol. The van der Waals surface area contributed by atoms with Gasteiger partial charge >= 0.3 is 0 Å². The van der Waals surface area contributed by atoms with Crippen LogP contribution in [0.3, 0.4) is 0 Å². The molecular weight excluding hydrogens is 390 g/mol. The van der Waals surface area contributed by atoms with Crippen LogP contribution in [0, 0.1) is 0 Å². The Bertz CT molecular complexity index is 832. The standard InChI is InChI=1S/C25H35NO3Si/c1-19(29-30(5,6)25(2,3)4)22-23(28-18-21-15-11-8-12-16-21)24(27)26(22)17-20-13-9-7-10-14-20/h7-16,19,22-23H,17-18H2,1-6H3/t19-,22+,23-/m0/s1. The molecule has 162 valence electrons. The van der Waals surface area contributed by atoms with Gasteiger partial charge in [-0.05, 0) is 36.2 Å². The van der Waals surface area contributed by atoms with Gasteiger partial charge in [-0.15, -0.1) is 0 Å². The highest BCUT2D eigenvalue weighted by molar-refractivity contribution is 6.74. The van der Waals surface area contributed by atoms with Crippen molar-refractivity contribution in [2.24, 2.45) is 0 Å². The highest BCUT2D eigenvalue weighted by Gasteiger charge is 2.53. The number of likely N-dealkylation sites (tertiary alicyclic amines) is 1.